The second-order valence-corrected chi connectivity index (χ2v) is 3.82. The Hall–Kier alpha value is -1.26. The van der Waals surface area contributed by atoms with Crippen LogP contribution in [0.25, 0.3) is 0 Å². The van der Waals surface area contributed by atoms with Crippen LogP contribution in [-0.2, 0) is 9.53 Å². The van der Waals surface area contributed by atoms with E-state index in [4.69, 9.17) is 5.73 Å². The van der Waals surface area contributed by atoms with Crippen LogP contribution in [0.1, 0.15) is 27.7 Å². The predicted molar refractivity (Wildman–Crippen MR) is 48.0 cm³/mol. The number of carbonyl (C=O) groups excluding carboxylic acids is 2. The van der Waals surface area contributed by atoms with Crippen molar-refractivity contribution in [3.63, 3.8) is 0 Å². The van der Waals surface area contributed by atoms with Gasteiger partial charge in [0.2, 0.25) is 0 Å². The molecule has 0 radical (unpaired) electrons. The van der Waals surface area contributed by atoms with Crippen molar-refractivity contribution in [2.45, 2.75) is 39.3 Å². The summed E-state index contributed by atoms with van der Waals surface area (Å²) in [5.74, 6) is -0.663. The van der Waals surface area contributed by atoms with Gasteiger partial charge in [0.25, 0.3) is 5.91 Å². The fourth-order valence-corrected chi connectivity index (χ4v) is 0.554. The zero-order valence-corrected chi connectivity index (χ0v) is 8.38. The Morgan fingerprint density at radius 2 is 1.85 bits per heavy atom. The van der Waals surface area contributed by atoms with E-state index in [9.17, 15) is 9.59 Å². The first-order valence-corrected chi connectivity index (χ1v) is 4.00. The number of nitrogens with one attached hydrogen (secondary N) is 1. The maximum absolute atomic E-state index is 11.0. The fourth-order valence-electron chi connectivity index (χ4n) is 0.554. The van der Waals surface area contributed by atoms with E-state index < -0.39 is 18.1 Å². The average Bonchev–Trinajstić information content (AvgIpc) is 1.81. The van der Waals surface area contributed by atoms with Crippen LogP contribution in [0, 0.1) is 0 Å². The highest BCUT2D eigenvalue weighted by atomic mass is 16.6. The molecule has 0 fully saturated rings. The first-order valence-electron chi connectivity index (χ1n) is 4.00. The van der Waals surface area contributed by atoms with Gasteiger partial charge in [-0.05, 0) is 27.7 Å². The van der Waals surface area contributed by atoms with Gasteiger partial charge in [-0.1, -0.05) is 0 Å². The minimum Gasteiger partial charge on any atom is -0.436 e. The summed E-state index contributed by atoms with van der Waals surface area (Å²) < 4.78 is 4.66. The zero-order chi connectivity index (χ0) is 10.6. The lowest BCUT2D eigenvalue weighted by Crippen LogP contribution is -2.43. The molecule has 1 atom stereocenters. The molecular formula is C8H16N2O3. The molecular weight excluding hydrogens is 172 g/mol. The Bertz CT molecular complexity index is 208. The number of hydrogen-bond acceptors (Lipinski definition) is 3. The van der Waals surface area contributed by atoms with Gasteiger partial charge in [-0.2, -0.15) is 0 Å². The fraction of sp³-hybridized carbons (Fsp3) is 0.750. The highest BCUT2D eigenvalue weighted by Gasteiger charge is 2.18. The Labute approximate surface area is 77.6 Å². The van der Waals surface area contributed by atoms with Crippen LogP contribution in [0.5, 0.6) is 0 Å². The standard InChI is InChI=1S/C8H16N2O3/c1-5(6(9)11)13-7(12)10-8(2,3)4/h5H,1-4H3,(H2,9,11)(H,10,12)/t5-/m1/s1. The number of nitrogens with two attached hydrogens (primary N) is 1. The molecule has 13 heavy (non-hydrogen) atoms. The lowest BCUT2D eigenvalue weighted by molar-refractivity contribution is -0.125. The number of primary amides is 1. The third-order valence-electron chi connectivity index (χ3n) is 1.16. The lowest BCUT2D eigenvalue weighted by atomic mass is 10.1. The molecule has 0 aromatic rings. The number of hydrogen-bond donors (Lipinski definition) is 2. The number of alkyl carbamates (subject to hydrolysis) is 1. The molecule has 0 saturated carbocycles. The van der Waals surface area contributed by atoms with Gasteiger partial charge >= 0.3 is 6.09 Å². The normalized spacial score (nSPS) is 13.2. The van der Waals surface area contributed by atoms with Crippen molar-refractivity contribution in [1.29, 1.82) is 0 Å². The summed E-state index contributed by atoms with van der Waals surface area (Å²) in [6.45, 7) is 6.85. The minimum atomic E-state index is -0.901. The van der Waals surface area contributed by atoms with Gasteiger partial charge in [0.05, 0.1) is 0 Å². The average molecular weight is 188 g/mol. The number of ether oxygens (including phenoxy) is 1. The van der Waals surface area contributed by atoms with Crippen LogP contribution in [0.15, 0.2) is 0 Å². The molecule has 0 aliphatic rings. The Morgan fingerprint density at radius 3 is 2.15 bits per heavy atom. The molecule has 0 aromatic carbocycles. The molecule has 0 heterocycles. The summed E-state index contributed by atoms with van der Waals surface area (Å²) >= 11 is 0. The minimum absolute atomic E-state index is 0.381. The van der Waals surface area contributed by atoms with Crippen molar-refractivity contribution >= 4 is 12.0 Å². The summed E-state index contributed by atoms with van der Waals surface area (Å²) in [5, 5.41) is 2.54. The van der Waals surface area contributed by atoms with E-state index in [1.165, 1.54) is 6.92 Å². The first-order chi connectivity index (χ1) is 5.72. The molecule has 0 aromatic heterocycles. The summed E-state index contributed by atoms with van der Waals surface area (Å²) in [5.41, 5.74) is 4.52. The van der Waals surface area contributed by atoms with Crippen LogP contribution >= 0.6 is 0 Å². The smallest absolute Gasteiger partial charge is 0.408 e. The molecule has 0 saturated heterocycles. The van der Waals surface area contributed by atoms with Crippen molar-refractivity contribution in [3.05, 3.63) is 0 Å². The quantitative estimate of drug-likeness (QED) is 0.657. The second-order valence-electron chi connectivity index (χ2n) is 3.82. The monoisotopic (exact) mass is 188 g/mol. The number of rotatable bonds is 2. The van der Waals surface area contributed by atoms with E-state index in [0.29, 0.717) is 0 Å². The molecule has 0 aliphatic carbocycles. The van der Waals surface area contributed by atoms with Crippen LogP contribution in [0.2, 0.25) is 0 Å². The van der Waals surface area contributed by atoms with Crippen LogP contribution in [0.4, 0.5) is 4.79 Å². The van der Waals surface area contributed by atoms with E-state index in [-0.39, 0.29) is 5.54 Å². The van der Waals surface area contributed by atoms with Crippen LogP contribution in [-0.4, -0.2) is 23.6 Å². The number of amides is 2. The van der Waals surface area contributed by atoms with E-state index in [2.05, 4.69) is 10.1 Å². The topological polar surface area (TPSA) is 81.4 Å². The Morgan fingerprint density at radius 1 is 1.38 bits per heavy atom. The maximum Gasteiger partial charge on any atom is 0.408 e. The van der Waals surface area contributed by atoms with Gasteiger partial charge in [-0.25, -0.2) is 4.79 Å². The van der Waals surface area contributed by atoms with Gasteiger partial charge in [-0.3, -0.25) is 4.79 Å². The first kappa shape index (κ1) is 11.7. The Kier molecular flexibility index (Phi) is 3.71. The predicted octanol–water partition coefficient (Wildman–Crippen LogP) is 0.385. The molecule has 0 aliphatic heterocycles. The van der Waals surface area contributed by atoms with Gasteiger partial charge < -0.3 is 15.8 Å². The molecule has 0 rings (SSSR count). The zero-order valence-electron chi connectivity index (χ0n) is 8.38. The lowest BCUT2D eigenvalue weighted by Gasteiger charge is -2.21. The van der Waals surface area contributed by atoms with E-state index >= 15 is 0 Å². The van der Waals surface area contributed by atoms with E-state index in [1.807, 2.05) is 20.8 Å². The van der Waals surface area contributed by atoms with Crippen molar-refractivity contribution in [1.82, 2.24) is 5.32 Å². The second kappa shape index (κ2) is 4.11. The summed E-state index contributed by atoms with van der Waals surface area (Å²) in [6, 6.07) is 0. The highest BCUT2D eigenvalue weighted by molar-refractivity contribution is 5.81. The molecule has 3 N–H and O–H groups in total. The van der Waals surface area contributed by atoms with Crippen molar-refractivity contribution in [3.8, 4) is 0 Å². The number of carbonyl (C=O) groups is 2. The molecule has 0 bridgehead atoms. The van der Waals surface area contributed by atoms with Gasteiger partial charge in [0, 0.05) is 5.54 Å². The Balaban J connectivity index is 3.96. The van der Waals surface area contributed by atoms with Crippen molar-refractivity contribution in [2.24, 2.45) is 5.73 Å². The summed E-state index contributed by atoms with van der Waals surface area (Å²) in [7, 11) is 0. The van der Waals surface area contributed by atoms with Gasteiger partial charge in [-0.15, -0.1) is 0 Å². The molecule has 5 nitrogen and oxygen atoms in total. The molecule has 2 amide bonds. The van der Waals surface area contributed by atoms with Crippen molar-refractivity contribution in [2.75, 3.05) is 0 Å². The summed E-state index contributed by atoms with van der Waals surface area (Å²) in [4.78, 5) is 21.6. The van der Waals surface area contributed by atoms with Crippen molar-refractivity contribution < 1.29 is 14.3 Å². The van der Waals surface area contributed by atoms with Crippen LogP contribution < -0.4 is 11.1 Å². The van der Waals surface area contributed by atoms with Gasteiger partial charge in [0.1, 0.15) is 0 Å². The molecule has 0 unspecified atom stereocenters. The van der Waals surface area contributed by atoms with Crippen LogP contribution in [0.3, 0.4) is 0 Å². The third kappa shape index (κ3) is 5.95. The largest absolute Gasteiger partial charge is 0.436 e. The maximum atomic E-state index is 11.0. The SMILES string of the molecule is C[C@@H](OC(=O)NC(C)(C)C)C(N)=O. The summed E-state index contributed by atoms with van der Waals surface area (Å²) in [6.07, 6.45) is -1.54. The molecule has 0 spiro atoms. The molecule has 76 valence electrons. The van der Waals surface area contributed by atoms with Gasteiger partial charge in [0.15, 0.2) is 6.10 Å². The van der Waals surface area contributed by atoms with E-state index in [1.54, 1.807) is 0 Å². The molecule has 5 heteroatoms. The van der Waals surface area contributed by atoms with E-state index in [0.717, 1.165) is 0 Å². The highest BCUT2D eigenvalue weighted by Crippen LogP contribution is 2.00. The third-order valence-corrected chi connectivity index (χ3v) is 1.16.